The van der Waals surface area contributed by atoms with Crippen LogP contribution in [-0.2, 0) is 0 Å². The summed E-state index contributed by atoms with van der Waals surface area (Å²) in [5.74, 6) is 0.162. The van der Waals surface area contributed by atoms with E-state index in [2.05, 4.69) is 10.3 Å². The number of nitrogens with two attached hydrogens (primary N) is 1. The van der Waals surface area contributed by atoms with E-state index in [9.17, 15) is 4.39 Å². The van der Waals surface area contributed by atoms with E-state index in [-0.39, 0.29) is 5.56 Å². The molecule has 0 aliphatic rings. The summed E-state index contributed by atoms with van der Waals surface area (Å²) in [6.45, 7) is 2.48. The van der Waals surface area contributed by atoms with Gasteiger partial charge in [0.2, 0.25) is 5.88 Å². The molecule has 0 saturated carbocycles. The maximum atomic E-state index is 13.5. The third kappa shape index (κ3) is 3.39. The topological polar surface area (TPSA) is 84.0 Å². The summed E-state index contributed by atoms with van der Waals surface area (Å²) in [4.78, 5) is 4.22. The van der Waals surface area contributed by atoms with Crippen molar-refractivity contribution in [3.05, 3.63) is 41.7 Å². The molecule has 0 spiro atoms. The molecule has 0 fully saturated rings. The summed E-state index contributed by atoms with van der Waals surface area (Å²) >= 11 is 0. The fourth-order valence-corrected chi connectivity index (χ4v) is 1.72. The SMILES string of the molecule is CCCOc1nc(Nc2cccc(F)c2C#N)ccc1N. The van der Waals surface area contributed by atoms with E-state index in [1.807, 2.05) is 13.0 Å². The molecule has 21 heavy (non-hydrogen) atoms. The van der Waals surface area contributed by atoms with Gasteiger partial charge in [-0.25, -0.2) is 4.39 Å². The Labute approximate surface area is 122 Å². The smallest absolute Gasteiger partial charge is 0.239 e. The zero-order chi connectivity index (χ0) is 15.2. The maximum absolute atomic E-state index is 13.5. The molecule has 5 nitrogen and oxygen atoms in total. The van der Waals surface area contributed by atoms with Crippen molar-refractivity contribution in [3.63, 3.8) is 0 Å². The van der Waals surface area contributed by atoms with Gasteiger partial charge in [0.1, 0.15) is 23.3 Å². The van der Waals surface area contributed by atoms with Crippen molar-refractivity contribution >= 4 is 17.2 Å². The Bertz CT molecular complexity index is 682. The van der Waals surface area contributed by atoms with Gasteiger partial charge in [-0.05, 0) is 30.7 Å². The first kappa shape index (κ1) is 14.6. The Morgan fingerprint density at radius 2 is 2.19 bits per heavy atom. The zero-order valence-corrected chi connectivity index (χ0v) is 11.6. The van der Waals surface area contributed by atoms with E-state index in [4.69, 9.17) is 15.7 Å². The molecule has 0 aliphatic carbocycles. The summed E-state index contributed by atoms with van der Waals surface area (Å²) in [5, 5.41) is 11.9. The molecule has 1 aromatic carbocycles. The maximum Gasteiger partial charge on any atom is 0.239 e. The van der Waals surface area contributed by atoms with Gasteiger partial charge >= 0.3 is 0 Å². The second kappa shape index (κ2) is 6.57. The third-order valence-electron chi connectivity index (χ3n) is 2.72. The predicted molar refractivity (Wildman–Crippen MR) is 78.8 cm³/mol. The highest BCUT2D eigenvalue weighted by Crippen LogP contribution is 2.25. The standard InChI is InChI=1S/C15H15FN4O/c1-2-8-21-15-12(18)6-7-14(20-15)19-13-5-3-4-11(16)10(13)9-17/h3-7H,2,8,18H2,1H3,(H,19,20). The number of pyridine rings is 1. The number of nitrogens with zero attached hydrogens (tertiary/aromatic N) is 2. The van der Waals surface area contributed by atoms with E-state index < -0.39 is 5.82 Å². The molecule has 3 N–H and O–H groups in total. The van der Waals surface area contributed by atoms with Crippen molar-refractivity contribution in [2.75, 3.05) is 17.7 Å². The molecule has 108 valence electrons. The number of aromatic nitrogens is 1. The number of nitriles is 1. The number of ether oxygens (including phenoxy) is 1. The van der Waals surface area contributed by atoms with Crippen molar-refractivity contribution < 1.29 is 9.13 Å². The number of nitrogen functional groups attached to an aromatic ring is 1. The van der Waals surface area contributed by atoms with Gasteiger partial charge in [0.25, 0.3) is 0 Å². The Balaban J connectivity index is 2.28. The van der Waals surface area contributed by atoms with Gasteiger partial charge in [0, 0.05) is 0 Å². The molecule has 2 aromatic rings. The summed E-state index contributed by atoms with van der Waals surface area (Å²) in [7, 11) is 0. The number of anilines is 3. The van der Waals surface area contributed by atoms with Gasteiger partial charge in [-0.1, -0.05) is 13.0 Å². The minimum Gasteiger partial charge on any atom is -0.476 e. The second-order valence-electron chi connectivity index (χ2n) is 4.34. The Hall–Kier alpha value is -2.81. The number of benzene rings is 1. The van der Waals surface area contributed by atoms with Crippen LogP contribution in [0.4, 0.5) is 21.6 Å². The molecule has 0 aliphatic heterocycles. The van der Waals surface area contributed by atoms with Crippen LogP contribution in [0.1, 0.15) is 18.9 Å². The first-order chi connectivity index (χ1) is 10.2. The average molecular weight is 286 g/mol. The molecule has 0 saturated heterocycles. The lowest BCUT2D eigenvalue weighted by Crippen LogP contribution is -2.04. The van der Waals surface area contributed by atoms with Crippen LogP contribution in [0, 0.1) is 17.1 Å². The van der Waals surface area contributed by atoms with Crippen LogP contribution in [0.25, 0.3) is 0 Å². The fourth-order valence-electron chi connectivity index (χ4n) is 1.72. The molecular formula is C15H15FN4O. The largest absolute Gasteiger partial charge is 0.476 e. The molecule has 1 heterocycles. The lowest BCUT2D eigenvalue weighted by Gasteiger charge is -2.11. The molecule has 0 radical (unpaired) electrons. The molecule has 0 unspecified atom stereocenters. The highest BCUT2D eigenvalue weighted by atomic mass is 19.1. The number of hydrogen-bond donors (Lipinski definition) is 2. The van der Waals surface area contributed by atoms with E-state index in [1.165, 1.54) is 12.1 Å². The average Bonchev–Trinajstić information content (AvgIpc) is 2.48. The molecule has 6 heteroatoms. The molecular weight excluding hydrogens is 271 g/mol. The second-order valence-corrected chi connectivity index (χ2v) is 4.34. The predicted octanol–water partition coefficient (Wildman–Crippen LogP) is 3.21. The molecule has 0 bridgehead atoms. The van der Waals surface area contributed by atoms with Crippen molar-refractivity contribution in [2.45, 2.75) is 13.3 Å². The number of nitrogens with one attached hydrogen (secondary N) is 1. The van der Waals surface area contributed by atoms with Gasteiger partial charge in [-0.2, -0.15) is 10.2 Å². The lowest BCUT2D eigenvalue weighted by atomic mass is 10.2. The van der Waals surface area contributed by atoms with Crippen LogP contribution in [-0.4, -0.2) is 11.6 Å². The van der Waals surface area contributed by atoms with Gasteiger partial charge in [-0.3, -0.25) is 0 Å². The zero-order valence-electron chi connectivity index (χ0n) is 11.6. The number of halogens is 1. The fraction of sp³-hybridized carbons (Fsp3) is 0.200. The first-order valence-corrected chi connectivity index (χ1v) is 6.50. The van der Waals surface area contributed by atoms with Crippen molar-refractivity contribution in [1.29, 1.82) is 5.26 Å². The van der Waals surface area contributed by atoms with Gasteiger partial charge in [0.05, 0.1) is 18.0 Å². The normalized spacial score (nSPS) is 9.95. The quantitative estimate of drug-likeness (QED) is 0.881. The molecule has 1 aromatic heterocycles. The van der Waals surface area contributed by atoms with E-state index in [1.54, 1.807) is 18.2 Å². The van der Waals surface area contributed by atoms with Crippen molar-refractivity contribution in [1.82, 2.24) is 4.98 Å². The highest BCUT2D eigenvalue weighted by molar-refractivity contribution is 5.66. The first-order valence-electron chi connectivity index (χ1n) is 6.50. The van der Waals surface area contributed by atoms with E-state index in [0.29, 0.717) is 29.7 Å². The van der Waals surface area contributed by atoms with Crippen LogP contribution in [0.2, 0.25) is 0 Å². The van der Waals surface area contributed by atoms with Crippen LogP contribution in [0.3, 0.4) is 0 Å². The molecule has 0 amide bonds. The van der Waals surface area contributed by atoms with E-state index >= 15 is 0 Å². The molecule has 0 atom stereocenters. The van der Waals surface area contributed by atoms with Crippen LogP contribution >= 0.6 is 0 Å². The monoisotopic (exact) mass is 286 g/mol. The summed E-state index contributed by atoms with van der Waals surface area (Å²) in [6.07, 6.45) is 0.835. The Kier molecular flexibility index (Phi) is 4.57. The highest BCUT2D eigenvalue weighted by Gasteiger charge is 2.10. The van der Waals surface area contributed by atoms with E-state index in [0.717, 1.165) is 6.42 Å². The Morgan fingerprint density at radius 3 is 2.90 bits per heavy atom. The summed E-state index contributed by atoms with van der Waals surface area (Å²) in [6, 6.07) is 9.46. The minimum absolute atomic E-state index is 0.0628. The van der Waals surface area contributed by atoms with Crippen molar-refractivity contribution in [3.8, 4) is 11.9 Å². The lowest BCUT2D eigenvalue weighted by molar-refractivity contribution is 0.307. The van der Waals surface area contributed by atoms with Crippen molar-refractivity contribution in [2.24, 2.45) is 0 Å². The van der Waals surface area contributed by atoms with Crippen LogP contribution < -0.4 is 15.8 Å². The third-order valence-corrected chi connectivity index (χ3v) is 2.72. The Morgan fingerprint density at radius 1 is 1.38 bits per heavy atom. The minimum atomic E-state index is -0.583. The van der Waals surface area contributed by atoms with Crippen LogP contribution in [0.5, 0.6) is 5.88 Å². The molecule has 2 rings (SSSR count). The van der Waals surface area contributed by atoms with Gasteiger partial charge in [0.15, 0.2) is 0 Å². The van der Waals surface area contributed by atoms with Gasteiger partial charge < -0.3 is 15.8 Å². The number of rotatable bonds is 5. The van der Waals surface area contributed by atoms with Gasteiger partial charge in [-0.15, -0.1) is 0 Å². The summed E-state index contributed by atoms with van der Waals surface area (Å²) < 4.78 is 19.0. The van der Waals surface area contributed by atoms with Crippen LogP contribution in [0.15, 0.2) is 30.3 Å². The summed E-state index contributed by atoms with van der Waals surface area (Å²) in [5.41, 5.74) is 6.48. The number of hydrogen-bond acceptors (Lipinski definition) is 5.